The third-order valence-electron chi connectivity index (χ3n) is 5.69. The van der Waals surface area contributed by atoms with Crippen molar-refractivity contribution in [1.29, 1.82) is 0 Å². The Morgan fingerprint density at radius 2 is 1.59 bits per heavy atom. The zero-order valence-corrected chi connectivity index (χ0v) is 18.6. The first-order valence-electron chi connectivity index (χ1n) is 11.1. The molecule has 34 heavy (non-hydrogen) atoms. The lowest BCUT2D eigenvalue weighted by molar-refractivity contribution is 0.0526. The Labute approximate surface area is 197 Å². The van der Waals surface area contributed by atoms with Crippen molar-refractivity contribution in [2.75, 3.05) is 11.9 Å². The van der Waals surface area contributed by atoms with E-state index in [0.29, 0.717) is 28.9 Å². The summed E-state index contributed by atoms with van der Waals surface area (Å²) in [6.45, 7) is 2.07. The highest BCUT2D eigenvalue weighted by molar-refractivity contribution is 6.09. The van der Waals surface area contributed by atoms with Crippen LogP contribution in [0.1, 0.15) is 27.6 Å². The van der Waals surface area contributed by atoms with Crippen molar-refractivity contribution in [2.45, 2.75) is 6.92 Å². The van der Waals surface area contributed by atoms with Gasteiger partial charge in [-0.15, -0.1) is 0 Å². The van der Waals surface area contributed by atoms with E-state index < -0.39 is 5.97 Å². The molecule has 0 aliphatic heterocycles. The summed E-state index contributed by atoms with van der Waals surface area (Å²) in [4.78, 5) is 29.6. The summed E-state index contributed by atoms with van der Waals surface area (Å²) >= 11 is 0. The molecule has 0 saturated heterocycles. The highest BCUT2D eigenvalue weighted by atomic mass is 16.5. The van der Waals surface area contributed by atoms with Gasteiger partial charge in [0.05, 0.1) is 17.7 Å². The lowest BCUT2D eigenvalue weighted by atomic mass is 9.96. The van der Waals surface area contributed by atoms with Crippen molar-refractivity contribution in [1.82, 2.24) is 4.98 Å². The predicted molar refractivity (Wildman–Crippen MR) is 135 cm³/mol. The van der Waals surface area contributed by atoms with E-state index in [1.54, 1.807) is 25.1 Å². The fourth-order valence-electron chi connectivity index (χ4n) is 4.01. The monoisotopic (exact) mass is 446 g/mol. The van der Waals surface area contributed by atoms with E-state index in [-0.39, 0.29) is 5.91 Å². The van der Waals surface area contributed by atoms with Crippen LogP contribution in [0.15, 0.2) is 97.2 Å². The Morgan fingerprint density at radius 3 is 2.44 bits per heavy atom. The van der Waals surface area contributed by atoms with Crippen LogP contribution in [0.2, 0.25) is 0 Å². The molecule has 1 amide bonds. The second-order valence-corrected chi connectivity index (χ2v) is 7.91. The van der Waals surface area contributed by atoms with Crippen molar-refractivity contribution in [3.05, 3.63) is 108 Å². The summed E-state index contributed by atoms with van der Waals surface area (Å²) in [5.41, 5.74) is 4.13. The highest BCUT2D eigenvalue weighted by Gasteiger charge is 2.14. The van der Waals surface area contributed by atoms with Crippen molar-refractivity contribution < 1.29 is 14.3 Å². The number of amides is 1. The molecule has 0 radical (unpaired) electrons. The molecule has 1 aromatic heterocycles. The van der Waals surface area contributed by atoms with Crippen molar-refractivity contribution >= 4 is 39.2 Å². The van der Waals surface area contributed by atoms with Gasteiger partial charge in [0, 0.05) is 22.8 Å². The van der Waals surface area contributed by atoms with Crippen LogP contribution < -0.4 is 5.32 Å². The minimum absolute atomic E-state index is 0.203. The first-order chi connectivity index (χ1) is 16.6. The van der Waals surface area contributed by atoms with Crippen molar-refractivity contribution in [3.8, 4) is 11.1 Å². The maximum Gasteiger partial charge on any atom is 0.339 e. The molecule has 0 atom stereocenters. The number of hydrogen-bond donors (Lipinski definition) is 1. The number of nitrogens with one attached hydrogen (secondary N) is 1. The van der Waals surface area contributed by atoms with Gasteiger partial charge < -0.3 is 10.1 Å². The molecule has 0 aliphatic rings. The third kappa shape index (κ3) is 4.24. The van der Waals surface area contributed by atoms with Crippen LogP contribution in [0.3, 0.4) is 0 Å². The number of rotatable bonds is 5. The number of carbonyl (C=O) groups excluding carboxylic acids is 2. The second-order valence-electron chi connectivity index (χ2n) is 7.91. The van der Waals surface area contributed by atoms with Crippen molar-refractivity contribution in [2.24, 2.45) is 0 Å². The van der Waals surface area contributed by atoms with E-state index in [4.69, 9.17) is 4.74 Å². The minimum Gasteiger partial charge on any atom is -0.462 e. The van der Waals surface area contributed by atoms with Crippen molar-refractivity contribution in [3.63, 3.8) is 0 Å². The number of ether oxygens (including phenoxy) is 1. The molecule has 1 heterocycles. The maximum atomic E-state index is 13.2. The largest absolute Gasteiger partial charge is 0.462 e. The van der Waals surface area contributed by atoms with E-state index in [9.17, 15) is 9.59 Å². The summed E-state index contributed by atoms with van der Waals surface area (Å²) in [7, 11) is 0. The molecule has 5 nitrogen and oxygen atoms in total. The van der Waals surface area contributed by atoms with Crippen LogP contribution >= 0.6 is 0 Å². The van der Waals surface area contributed by atoms with Crippen LogP contribution in [-0.2, 0) is 4.74 Å². The molecule has 0 unspecified atom stereocenters. The van der Waals surface area contributed by atoms with E-state index in [0.717, 1.165) is 27.3 Å². The molecule has 5 aromatic rings. The van der Waals surface area contributed by atoms with Gasteiger partial charge in [0.1, 0.15) is 0 Å². The van der Waals surface area contributed by atoms with Gasteiger partial charge >= 0.3 is 5.97 Å². The molecule has 0 fully saturated rings. The molecule has 166 valence electrons. The number of fused-ring (bicyclic) bond motifs is 2. The zero-order valence-electron chi connectivity index (χ0n) is 18.6. The van der Waals surface area contributed by atoms with Crippen LogP contribution in [-0.4, -0.2) is 23.5 Å². The lowest BCUT2D eigenvalue weighted by Gasteiger charge is -2.12. The molecule has 5 rings (SSSR count). The number of aromatic nitrogens is 1. The molecular formula is C29H22N2O3. The molecule has 1 N–H and O–H groups in total. The summed E-state index contributed by atoms with van der Waals surface area (Å²) in [6, 6.07) is 29.1. The zero-order chi connectivity index (χ0) is 23.5. The Kier molecular flexibility index (Phi) is 5.75. The van der Waals surface area contributed by atoms with E-state index in [1.165, 1.54) is 6.20 Å². The average molecular weight is 447 g/mol. The number of pyridine rings is 1. The number of esters is 1. The predicted octanol–water partition coefficient (Wildman–Crippen LogP) is 6.48. The van der Waals surface area contributed by atoms with Gasteiger partial charge in [-0.1, -0.05) is 60.7 Å². The SMILES string of the molecule is CCOC(=O)c1cnc2cc(NC(=O)c3ccccc3-c3ccc4ccccc4c3)ccc2c1. The number of anilines is 1. The third-order valence-corrected chi connectivity index (χ3v) is 5.69. The van der Waals surface area contributed by atoms with Gasteiger partial charge in [0.15, 0.2) is 0 Å². The molecule has 4 aromatic carbocycles. The standard InChI is InChI=1S/C29H22N2O3/c1-2-34-29(33)23-16-22-13-14-24(17-27(22)30-18-23)31-28(32)26-10-6-5-9-25(26)21-12-11-19-7-3-4-8-20(19)15-21/h3-18H,2H2,1H3,(H,31,32). The number of benzene rings is 4. The Hall–Kier alpha value is -4.51. The van der Waals surface area contributed by atoms with Gasteiger partial charge in [0.2, 0.25) is 0 Å². The molecule has 0 bridgehead atoms. The van der Waals surface area contributed by atoms with Crippen LogP contribution in [0.5, 0.6) is 0 Å². The average Bonchev–Trinajstić information content (AvgIpc) is 2.88. The van der Waals surface area contributed by atoms with E-state index >= 15 is 0 Å². The van der Waals surface area contributed by atoms with Gasteiger partial charge in [-0.25, -0.2) is 4.79 Å². The topological polar surface area (TPSA) is 68.3 Å². The highest BCUT2D eigenvalue weighted by Crippen LogP contribution is 2.28. The lowest BCUT2D eigenvalue weighted by Crippen LogP contribution is -2.13. The fraction of sp³-hybridized carbons (Fsp3) is 0.0690. The van der Waals surface area contributed by atoms with Gasteiger partial charge in [0.25, 0.3) is 5.91 Å². The second kappa shape index (κ2) is 9.16. The smallest absolute Gasteiger partial charge is 0.339 e. The Balaban J connectivity index is 1.43. The first-order valence-corrected chi connectivity index (χ1v) is 11.1. The van der Waals surface area contributed by atoms with Gasteiger partial charge in [-0.3, -0.25) is 9.78 Å². The first kappa shape index (κ1) is 21.3. The quantitative estimate of drug-likeness (QED) is 0.314. The van der Waals surface area contributed by atoms with E-state index in [2.05, 4.69) is 34.6 Å². The molecular weight excluding hydrogens is 424 g/mol. The minimum atomic E-state index is -0.403. The summed E-state index contributed by atoms with van der Waals surface area (Å²) < 4.78 is 5.04. The van der Waals surface area contributed by atoms with Crippen LogP contribution in [0.25, 0.3) is 32.8 Å². The summed E-state index contributed by atoms with van der Waals surface area (Å²) in [5, 5.41) is 6.06. The number of nitrogens with zero attached hydrogens (tertiary/aromatic N) is 1. The molecule has 0 aliphatic carbocycles. The summed E-state index contributed by atoms with van der Waals surface area (Å²) in [5.74, 6) is -0.606. The van der Waals surface area contributed by atoms with Gasteiger partial charge in [-0.05, 0) is 59.2 Å². The molecule has 0 saturated carbocycles. The van der Waals surface area contributed by atoms with Crippen LogP contribution in [0.4, 0.5) is 5.69 Å². The van der Waals surface area contributed by atoms with E-state index in [1.807, 2.05) is 48.5 Å². The maximum absolute atomic E-state index is 13.2. The number of hydrogen-bond acceptors (Lipinski definition) is 4. The number of carbonyl (C=O) groups is 2. The Bertz CT molecular complexity index is 1540. The normalized spacial score (nSPS) is 10.9. The Morgan fingerprint density at radius 1 is 0.824 bits per heavy atom. The van der Waals surface area contributed by atoms with Crippen LogP contribution in [0, 0.1) is 0 Å². The molecule has 5 heteroatoms. The fourth-order valence-corrected chi connectivity index (χ4v) is 4.01. The van der Waals surface area contributed by atoms with Gasteiger partial charge in [-0.2, -0.15) is 0 Å². The molecule has 0 spiro atoms. The summed E-state index contributed by atoms with van der Waals surface area (Å²) in [6.07, 6.45) is 1.49.